The summed E-state index contributed by atoms with van der Waals surface area (Å²) in [4.78, 5) is 13.0. The normalized spacial score (nSPS) is 20.5. The predicted molar refractivity (Wildman–Crippen MR) is 60.9 cm³/mol. The highest BCUT2D eigenvalue weighted by Gasteiger charge is 2.19. The van der Waals surface area contributed by atoms with Crippen molar-refractivity contribution in [2.45, 2.75) is 51.5 Å². The van der Waals surface area contributed by atoms with E-state index in [0.29, 0.717) is 6.04 Å². The lowest BCUT2D eigenvalue weighted by Gasteiger charge is -2.31. The summed E-state index contributed by atoms with van der Waals surface area (Å²) in [5.41, 5.74) is 0. The molecule has 1 aliphatic carbocycles. The van der Waals surface area contributed by atoms with Crippen LogP contribution in [0.25, 0.3) is 0 Å². The maximum Gasteiger partial charge on any atom is 0.306 e. The smallest absolute Gasteiger partial charge is 0.306 e. The largest absolute Gasteiger partial charge is 0.481 e. The van der Waals surface area contributed by atoms with Crippen LogP contribution in [0.1, 0.15) is 45.4 Å². The molecule has 0 aromatic heterocycles. The number of hydrogen-bond donors (Lipinski definition) is 1. The molecule has 1 N–H and O–H groups in total. The fourth-order valence-corrected chi connectivity index (χ4v) is 2.23. The summed E-state index contributed by atoms with van der Waals surface area (Å²) < 4.78 is 0. The van der Waals surface area contributed by atoms with Gasteiger partial charge in [-0.2, -0.15) is 0 Å². The molecule has 15 heavy (non-hydrogen) atoms. The van der Waals surface area contributed by atoms with Crippen LogP contribution in [-0.4, -0.2) is 35.6 Å². The van der Waals surface area contributed by atoms with Gasteiger partial charge in [0.1, 0.15) is 0 Å². The monoisotopic (exact) mass is 213 g/mol. The zero-order chi connectivity index (χ0) is 11.3. The second kappa shape index (κ2) is 6.11. The van der Waals surface area contributed by atoms with Crippen LogP contribution in [0.2, 0.25) is 0 Å². The minimum absolute atomic E-state index is 0.212. The van der Waals surface area contributed by atoms with Crippen LogP contribution in [0.3, 0.4) is 0 Å². The van der Waals surface area contributed by atoms with Gasteiger partial charge < -0.3 is 10.0 Å². The second-order valence-electron chi connectivity index (χ2n) is 4.80. The van der Waals surface area contributed by atoms with Crippen LogP contribution in [0.4, 0.5) is 0 Å². The SMILES string of the molecule is CC(CCN(C)C1CCCCC1)C(=O)O. The molecule has 3 nitrogen and oxygen atoms in total. The predicted octanol–water partition coefficient (Wildman–Crippen LogP) is 2.36. The molecule has 1 unspecified atom stereocenters. The first kappa shape index (κ1) is 12.5. The Kier molecular flexibility index (Phi) is 5.09. The first-order valence-corrected chi connectivity index (χ1v) is 6.04. The fraction of sp³-hybridized carbons (Fsp3) is 0.917. The molecule has 1 aliphatic rings. The number of nitrogens with zero attached hydrogens (tertiary/aromatic N) is 1. The van der Waals surface area contributed by atoms with Crippen molar-refractivity contribution in [2.24, 2.45) is 5.92 Å². The van der Waals surface area contributed by atoms with Crippen molar-refractivity contribution in [3.05, 3.63) is 0 Å². The molecule has 0 aliphatic heterocycles. The van der Waals surface area contributed by atoms with E-state index >= 15 is 0 Å². The Hall–Kier alpha value is -0.570. The minimum atomic E-state index is -0.674. The summed E-state index contributed by atoms with van der Waals surface area (Å²) in [6.07, 6.45) is 7.39. The molecule has 0 radical (unpaired) electrons. The molecule has 0 heterocycles. The lowest BCUT2D eigenvalue weighted by Crippen LogP contribution is -2.35. The van der Waals surface area contributed by atoms with Crippen molar-refractivity contribution in [3.8, 4) is 0 Å². The highest BCUT2D eigenvalue weighted by atomic mass is 16.4. The van der Waals surface area contributed by atoms with Gasteiger partial charge in [-0.25, -0.2) is 0 Å². The molecular formula is C12H23NO2. The average Bonchev–Trinajstić information content (AvgIpc) is 2.26. The molecule has 0 saturated heterocycles. The number of carboxylic acids is 1. The Morgan fingerprint density at radius 3 is 2.53 bits per heavy atom. The zero-order valence-electron chi connectivity index (χ0n) is 9.91. The average molecular weight is 213 g/mol. The minimum Gasteiger partial charge on any atom is -0.481 e. The standard InChI is InChI=1S/C12H23NO2/c1-10(12(14)15)8-9-13(2)11-6-4-3-5-7-11/h10-11H,3-9H2,1-2H3,(H,14,15). The zero-order valence-corrected chi connectivity index (χ0v) is 9.91. The van der Waals surface area contributed by atoms with E-state index in [0.717, 1.165) is 13.0 Å². The lowest BCUT2D eigenvalue weighted by molar-refractivity contribution is -0.141. The number of hydrogen-bond acceptors (Lipinski definition) is 2. The van der Waals surface area contributed by atoms with E-state index in [1.54, 1.807) is 6.92 Å². The molecule has 0 aromatic rings. The summed E-state index contributed by atoms with van der Waals surface area (Å²) >= 11 is 0. The van der Waals surface area contributed by atoms with Gasteiger partial charge in [0.15, 0.2) is 0 Å². The maximum absolute atomic E-state index is 10.7. The van der Waals surface area contributed by atoms with Gasteiger partial charge in [0.05, 0.1) is 5.92 Å². The van der Waals surface area contributed by atoms with Crippen LogP contribution >= 0.6 is 0 Å². The molecule has 1 saturated carbocycles. The van der Waals surface area contributed by atoms with Crippen LogP contribution in [-0.2, 0) is 4.79 Å². The van der Waals surface area contributed by atoms with Gasteiger partial charge >= 0.3 is 5.97 Å². The molecular weight excluding hydrogens is 190 g/mol. The van der Waals surface area contributed by atoms with E-state index in [2.05, 4.69) is 11.9 Å². The molecule has 1 fully saturated rings. The number of carbonyl (C=O) groups is 1. The molecule has 0 bridgehead atoms. The third-order valence-electron chi connectivity index (χ3n) is 3.53. The van der Waals surface area contributed by atoms with Crippen LogP contribution in [0.5, 0.6) is 0 Å². The summed E-state index contributed by atoms with van der Waals surface area (Å²) in [7, 11) is 2.13. The lowest BCUT2D eigenvalue weighted by atomic mass is 9.94. The molecule has 0 spiro atoms. The van der Waals surface area contributed by atoms with Crippen molar-refractivity contribution < 1.29 is 9.90 Å². The van der Waals surface area contributed by atoms with E-state index in [9.17, 15) is 4.79 Å². The number of aliphatic carboxylic acids is 1. The number of rotatable bonds is 5. The topological polar surface area (TPSA) is 40.5 Å². The van der Waals surface area contributed by atoms with Crippen molar-refractivity contribution >= 4 is 5.97 Å². The van der Waals surface area contributed by atoms with Crippen LogP contribution < -0.4 is 0 Å². The second-order valence-corrected chi connectivity index (χ2v) is 4.80. The van der Waals surface area contributed by atoms with Crippen molar-refractivity contribution in [1.82, 2.24) is 4.90 Å². The summed E-state index contributed by atoms with van der Waals surface area (Å²) in [6.45, 7) is 2.70. The highest BCUT2D eigenvalue weighted by Crippen LogP contribution is 2.22. The Balaban J connectivity index is 2.22. The third-order valence-corrected chi connectivity index (χ3v) is 3.53. The molecule has 1 rings (SSSR count). The highest BCUT2D eigenvalue weighted by molar-refractivity contribution is 5.69. The van der Waals surface area contributed by atoms with Crippen LogP contribution in [0.15, 0.2) is 0 Å². The van der Waals surface area contributed by atoms with Gasteiger partial charge in [-0.3, -0.25) is 4.79 Å². The van der Waals surface area contributed by atoms with E-state index in [1.807, 2.05) is 0 Å². The Bertz CT molecular complexity index is 200. The van der Waals surface area contributed by atoms with E-state index in [-0.39, 0.29) is 5.92 Å². The Morgan fingerprint density at radius 2 is 2.00 bits per heavy atom. The van der Waals surface area contributed by atoms with Crippen molar-refractivity contribution in [2.75, 3.05) is 13.6 Å². The van der Waals surface area contributed by atoms with Gasteiger partial charge in [0.25, 0.3) is 0 Å². The molecule has 0 amide bonds. The fourth-order valence-electron chi connectivity index (χ4n) is 2.23. The third kappa shape index (κ3) is 4.20. The van der Waals surface area contributed by atoms with E-state index < -0.39 is 5.97 Å². The Morgan fingerprint density at radius 1 is 1.40 bits per heavy atom. The molecule has 0 aromatic carbocycles. The van der Waals surface area contributed by atoms with Gasteiger partial charge in [-0.1, -0.05) is 26.2 Å². The summed E-state index contributed by atoms with van der Waals surface area (Å²) in [5, 5.41) is 8.79. The van der Waals surface area contributed by atoms with E-state index in [4.69, 9.17) is 5.11 Å². The summed E-state index contributed by atoms with van der Waals surface area (Å²) in [6, 6.07) is 0.694. The first-order valence-electron chi connectivity index (χ1n) is 6.04. The van der Waals surface area contributed by atoms with Crippen LogP contribution in [0, 0.1) is 5.92 Å². The van der Waals surface area contributed by atoms with Gasteiger partial charge in [-0.15, -0.1) is 0 Å². The van der Waals surface area contributed by atoms with Gasteiger partial charge in [0.2, 0.25) is 0 Å². The maximum atomic E-state index is 10.7. The Labute approximate surface area is 92.5 Å². The summed E-state index contributed by atoms with van der Waals surface area (Å²) in [5.74, 6) is -0.886. The van der Waals surface area contributed by atoms with E-state index in [1.165, 1.54) is 32.1 Å². The first-order chi connectivity index (χ1) is 7.11. The molecule has 3 heteroatoms. The van der Waals surface area contributed by atoms with Gasteiger partial charge in [-0.05, 0) is 32.9 Å². The molecule has 88 valence electrons. The van der Waals surface area contributed by atoms with Crippen molar-refractivity contribution in [1.29, 1.82) is 0 Å². The number of carboxylic acid groups (broad SMARTS) is 1. The molecule has 1 atom stereocenters. The van der Waals surface area contributed by atoms with Gasteiger partial charge in [0, 0.05) is 6.04 Å². The van der Waals surface area contributed by atoms with Crippen molar-refractivity contribution in [3.63, 3.8) is 0 Å². The quantitative estimate of drug-likeness (QED) is 0.762.